The second kappa shape index (κ2) is 5.30. The largest absolute Gasteiger partial charge is 0.342 e. The minimum absolute atomic E-state index is 0.167. The highest BCUT2D eigenvalue weighted by Crippen LogP contribution is 2.24. The van der Waals surface area contributed by atoms with Crippen LogP contribution in [0, 0.1) is 13.8 Å². The van der Waals surface area contributed by atoms with Crippen LogP contribution in [0.25, 0.3) is 11.0 Å². The first kappa shape index (κ1) is 14.9. The third-order valence-electron chi connectivity index (χ3n) is 3.31. The van der Waals surface area contributed by atoms with Gasteiger partial charge in [0.05, 0.1) is 21.6 Å². The predicted octanol–water partition coefficient (Wildman–Crippen LogP) is 3.63. The summed E-state index contributed by atoms with van der Waals surface area (Å²) in [6.07, 6.45) is 0. The maximum Gasteiger partial charge on any atom is 0.261 e. The van der Waals surface area contributed by atoms with Crippen LogP contribution in [-0.4, -0.2) is 18.4 Å². The Morgan fingerprint density at radius 1 is 1.14 bits per heavy atom. The van der Waals surface area contributed by atoms with Crippen molar-refractivity contribution in [3.63, 3.8) is 0 Å². The van der Waals surface area contributed by atoms with Gasteiger partial charge < -0.3 is 4.98 Å². The Morgan fingerprint density at radius 3 is 2.64 bits per heavy atom. The van der Waals surface area contributed by atoms with Crippen molar-refractivity contribution in [2.75, 3.05) is 4.72 Å². The average Bonchev–Trinajstić information content (AvgIpc) is 2.81. The van der Waals surface area contributed by atoms with Crippen LogP contribution in [0.5, 0.6) is 0 Å². The van der Waals surface area contributed by atoms with Crippen molar-refractivity contribution < 1.29 is 8.42 Å². The van der Waals surface area contributed by atoms with E-state index in [1.54, 1.807) is 30.3 Å². The lowest BCUT2D eigenvalue weighted by atomic mass is 10.2. The molecule has 0 radical (unpaired) electrons. The van der Waals surface area contributed by atoms with E-state index in [1.165, 1.54) is 6.07 Å². The van der Waals surface area contributed by atoms with Gasteiger partial charge in [-0.1, -0.05) is 17.7 Å². The molecule has 0 spiro atoms. The number of hydrogen-bond acceptors (Lipinski definition) is 3. The van der Waals surface area contributed by atoms with Crippen molar-refractivity contribution in [3.8, 4) is 0 Å². The summed E-state index contributed by atoms with van der Waals surface area (Å²) in [7, 11) is -3.68. The zero-order valence-corrected chi connectivity index (χ0v) is 13.6. The highest BCUT2D eigenvalue weighted by atomic mass is 35.5. The first-order chi connectivity index (χ1) is 10.3. The van der Waals surface area contributed by atoms with E-state index >= 15 is 0 Å². The number of nitrogens with one attached hydrogen (secondary N) is 2. The van der Waals surface area contributed by atoms with Crippen LogP contribution < -0.4 is 4.72 Å². The number of hydrogen-bond donors (Lipinski definition) is 2. The summed E-state index contributed by atoms with van der Waals surface area (Å²) in [6, 6.07) is 9.80. The first-order valence-electron chi connectivity index (χ1n) is 6.60. The van der Waals surface area contributed by atoms with Crippen LogP contribution >= 0.6 is 11.6 Å². The summed E-state index contributed by atoms with van der Waals surface area (Å²) in [4.78, 5) is 7.45. The number of aromatic amines is 1. The molecule has 3 aromatic rings. The minimum atomic E-state index is -3.68. The van der Waals surface area contributed by atoms with Crippen molar-refractivity contribution in [2.24, 2.45) is 0 Å². The number of imidazole rings is 1. The van der Waals surface area contributed by atoms with Crippen molar-refractivity contribution in [2.45, 2.75) is 18.7 Å². The zero-order chi connectivity index (χ0) is 15.9. The maximum atomic E-state index is 12.5. The van der Waals surface area contributed by atoms with Gasteiger partial charge in [0.25, 0.3) is 10.0 Å². The van der Waals surface area contributed by atoms with Gasteiger partial charge in [0.2, 0.25) is 0 Å². The number of H-pyrrole nitrogens is 1. The van der Waals surface area contributed by atoms with Crippen LogP contribution in [-0.2, 0) is 10.0 Å². The molecule has 5 nitrogen and oxygen atoms in total. The van der Waals surface area contributed by atoms with Crippen LogP contribution in [0.2, 0.25) is 5.02 Å². The number of nitrogens with zero attached hydrogens (tertiary/aromatic N) is 1. The van der Waals surface area contributed by atoms with E-state index in [2.05, 4.69) is 14.7 Å². The fourth-order valence-corrected chi connectivity index (χ4v) is 3.41. The standard InChI is InChI=1S/C15H14ClN3O2S/c1-9-3-4-11(7-13(9)16)19-22(20,21)12-5-6-14-15(8-12)18-10(2)17-14/h3-8,19H,1-2H3,(H,17,18). The van der Waals surface area contributed by atoms with E-state index < -0.39 is 10.0 Å². The van der Waals surface area contributed by atoms with Crippen LogP contribution in [0.4, 0.5) is 5.69 Å². The first-order valence-corrected chi connectivity index (χ1v) is 8.46. The molecule has 0 atom stereocenters. The van der Waals surface area contributed by atoms with E-state index in [0.29, 0.717) is 16.2 Å². The Kier molecular flexibility index (Phi) is 3.58. The summed E-state index contributed by atoms with van der Waals surface area (Å²) in [5, 5.41) is 0.514. The van der Waals surface area contributed by atoms with Crippen molar-refractivity contribution >= 4 is 38.3 Å². The Balaban J connectivity index is 1.98. The van der Waals surface area contributed by atoms with Crippen molar-refractivity contribution in [1.29, 1.82) is 0 Å². The van der Waals surface area contributed by atoms with E-state index in [9.17, 15) is 8.42 Å². The zero-order valence-electron chi connectivity index (χ0n) is 12.0. The minimum Gasteiger partial charge on any atom is -0.342 e. The number of anilines is 1. The molecule has 0 fully saturated rings. The molecule has 0 amide bonds. The Bertz CT molecular complexity index is 964. The lowest BCUT2D eigenvalue weighted by Crippen LogP contribution is -2.12. The molecule has 2 N–H and O–H groups in total. The van der Waals surface area contributed by atoms with E-state index in [4.69, 9.17) is 11.6 Å². The second-order valence-corrected chi connectivity index (χ2v) is 7.16. The molecule has 3 rings (SSSR count). The molecule has 0 aliphatic rings. The van der Waals surface area contributed by atoms with Crippen LogP contribution in [0.3, 0.4) is 0 Å². The molecule has 1 heterocycles. The van der Waals surface area contributed by atoms with Crippen LogP contribution in [0.15, 0.2) is 41.3 Å². The number of sulfonamides is 1. The molecule has 0 aliphatic heterocycles. The summed E-state index contributed by atoms with van der Waals surface area (Å²) in [5.74, 6) is 0.739. The van der Waals surface area contributed by atoms with Gasteiger partial charge in [-0.05, 0) is 49.7 Å². The van der Waals surface area contributed by atoms with Gasteiger partial charge in [-0.3, -0.25) is 4.72 Å². The van der Waals surface area contributed by atoms with Gasteiger partial charge in [-0.2, -0.15) is 0 Å². The van der Waals surface area contributed by atoms with Crippen molar-refractivity contribution in [1.82, 2.24) is 9.97 Å². The average molecular weight is 336 g/mol. The number of fused-ring (bicyclic) bond motifs is 1. The van der Waals surface area contributed by atoms with Crippen LogP contribution in [0.1, 0.15) is 11.4 Å². The third kappa shape index (κ3) is 2.80. The molecular weight excluding hydrogens is 322 g/mol. The lowest BCUT2D eigenvalue weighted by Gasteiger charge is -2.09. The van der Waals surface area contributed by atoms with Gasteiger partial charge in [0.15, 0.2) is 0 Å². The number of aryl methyl sites for hydroxylation is 2. The smallest absolute Gasteiger partial charge is 0.261 e. The molecule has 2 aromatic carbocycles. The van der Waals surface area contributed by atoms with Gasteiger partial charge in [0.1, 0.15) is 5.82 Å². The van der Waals surface area contributed by atoms with E-state index in [1.807, 2.05) is 13.8 Å². The summed E-state index contributed by atoms with van der Waals surface area (Å²) >= 11 is 6.02. The fraction of sp³-hybridized carbons (Fsp3) is 0.133. The number of rotatable bonds is 3. The predicted molar refractivity (Wildman–Crippen MR) is 87.8 cm³/mol. The number of halogens is 1. The maximum absolute atomic E-state index is 12.5. The van der Waals surface area contributed by atoms with E-state index in [0.717, 1.165) is 16.9 Å². The highest BCUT2D eigenvalue weighted by molar-refractivity contribution is 7.92. The van der Waals surface area contributed by atoms with Gasteiger partial charge in [-0.25, -0.2) is 13.4 Å². The molecule has 1 aromatic heterocycles. The van der Waals surface area contributed by atoms with E-state index in [-0.39, 0.29) is 4.90 Å². The summed E-state index contributed by atoms with van der Waals surface area (Å²) < 4.78 is 27.4. The third-order valence-corrected chi connectivity index (χ3v) is 5.09. The Labute approximate surface area is 133 Å². The summed E-state index contributed by atoms with van der Waals surface area (Å²) in [5.41, 5.74) is 2.73. The Morgan fingerprint density at radius 2 is 1.91 bits per heavy atom. The lowest BCUT2D eigenvalue weighted by molar-refractivity contribution is 0.601. The molecule has 0 bridgehead atoms. The topological polar surface area (TPSA) is 74.8 Å². The van der Waals surface area contributed by atoms with Gasteiger partial charge in [-0.15, -0.1) is 0 Å². The normalized spacial score (nSPS) is 11.8. The monoisotopic (exact) mass is 335 g/mol. The van der Waals surface area contributed by atoms with Gasteiger partial charge >= 0.3 is 0 Å². The molecule has 114 valence electrons. The molecule has 0 saturated heterocycles. The molecule has 22 heavy (non-hydrogen) atoms. The molecule has 0 unspecified atom stereocenters. The highest BCUT2D eigenvalue weighted by Gasteiger charge is 2.16. The quantitative estimate of drug-likeness (QED) is 0.767. The van der Waals surface area contributed by atoms with Gasteiger partial charge in [0, 0.05) is 5.02 Å². The summed E-state index contributed by atoms with van der Waals surface area (Å²) in [6.45, 7) is 3.68. The second-order valence-electron chi connectivity index (χ2n) is 5.07. The number of benzene rings is 2. The molecule has 0 saturated carbocycles. The molecule has 7 heteroatoms. The molecule has 0 aliphatic carbocycles. The molecular formula is C15H14ClN3O2S. The Hall–Kier alpha value is -2.05. The fourth-order valence-electron chi connectivity index (χ4n) is 2.15. The number of aromatic nitrogens is 2. The SMILES string of the molecule is Cc1nc2ccc(S(=O)(=O)Nc3ccc(C)c(Cl)c3)cc2[nH]1. The van der Waals surface area contributed by atoms with Crippen molar-refractivity contribution in [3.05, 3.63) is 52.8 Å².